The molecule has 8 nitrogen and oxygen atoms in total. The van der Waals surface area contributed by atoms with Gasteiger partial charge in [-0.25, -0.2) is 9.97 Å². The lowest BCUT2D eigenvalue weighted by atomic mass is 10.1. The van der Waals surface area contributed by atoms with E-state index in [1.165, 1.54) is 10.8 Å². The first kappa shape index (κ1) is 31.4. The first-order chi connectivity index (χ1) is 28.3. The van der Waals surface area contributed by atoms with E-state index in [0.29, 0.717) is 34.6 Å². The van der Waals surface area contributed by atoms with E-state index in [0.717, 1.165) is 65.9 Å². The monoisotopic (exact) mass is 731 g/mol. The molecule has 8 heteroatoms. The van der Waals surface area contributed by atoms with Crippen LogP contribution in [0.1, 0.15) is 0 Å². The van der Waals surface area contributed by atoms with Gasteiger partial charge in [-0.2, -0.15) is 9.97 Å². The largest absolute Gasteiger partial charge is 0.435 e. The van der Waals surface area contributed by atoms with E-state index in [1.54, 1.807) is 12.4 Å². The summed E-state index contributed by atoms with van der Waals surface area (Å²) < 4.78 is 11.1. The van der Waals surface area contributed by atoms with Crippen molar-refractivity contribution in [3.8, 4) is 45.9 Å². The lowest BCUT2D eigenvalue weighted by Crippen LogP contribution is -2.07. The second kappa shape index (κ2) is 12.3. The molecule has 0 amide bonds. The Morgan fingerprint density at radius 1 is 0.456 bits per heavy atom. The van der Waals surface area contributed by atoms with E-state index >= 15 is 0 Å². The highest BCUT2D eigenvalue weighted by Crippen LogP contribution is 2.42. The number of oxazole rings is 1. The Labute approximate surface area is 325 Å². The summed E-state index contributed by atoms with van der Waals surface area (Å²) in [5.74, 6) is 1.98. The Morgan fingerprint density at radius 3 is 1.93 bits per heavy atom. The van der Waals surface area contributed by atoms with Gasteiger partial charge in [0.15, 0.2) is 17.2 Å². The third kappa shape index (κ3) is 4.84. The minimum atomic E-state index is 0.466. The standard InChI is InChI=1S/C49H29N7O/c1-2-13-31(14-3-1)48-51-40-20-10-19-39(45(40)57-48)47-52-46(33-16-11-27-50-29-33)53-49(54-47)56-42-22-9-7-18-36(42)38-26-25-37-35-17-6-8-21-41(35)55(43(37)44(38)56)34-24-23-30-12-4-5-15-32(30)28-34/h1-29H. The molecule has 0 saturated carbocycles. The van der Waals surface area contributed by atoms with Crippen molar-refractivity contribution in [3.63, 3.8) is 0 Å². The molecule has 0 N–H and O–H groups in total. The van der Waals surface area contributed by atoms with Gasteiger partial charge < -0.3 is 8.98 Å². The molecule has 12 aromatic rings. The maximum absolute atomic E-state index is 6.51. The highest BCUT2D eigenvalue weighted by Gasteiger charge is 2.24. The smallest absolute Gasteiger partial charge is 0.238 e. The Hall–Kier alpha value is -7.97. The van der Waals surface area contributed by atoms with Crippen LogP contribution in [0.4, 0.5) is 0 Å². The zero-order valence-electron chi connectivity index (χ0n) is 30.3. The molecule has 0 bridgehead atoms. The molecule has 57 heavy (non-hydrogen) atoms. The summed E-state index contributed by atoms with van der Waals surface area (Å²) in [7, 11) is 0. The molecule has 7 aromatic carbocycles. The average Bonchev–Trinajstić information content (AvgIpc) is 3.97. The van der Waals surface area contributed by atoms with E-state index < -0.39 is 0 Å². The van der Waals surface area contributed by atoms with Crippen LogP contribution >= 0.6 is 0 Å². The Balaban J connectivity index is 1.20. The van der Waals surface area contributed by atoms with Crippen LogP contribution in [0.2, 0.25) is 0 Å². The molecule has 12 rings (SSSR count). The number of para-hydroxylation sites is 3. The minimum Gasteiger partial charge on any atom is -0.435 e. The number of rotatable bonds is 5. The lowest BCUT2D eigenvalue weighted by Gasteiger charge is -2.13. The predicted molar refractivity (Wildman–Crippen MR) is 228 cm³/mol. The second-order valence-corrected chi connectivity index (χ2v) is 14.2. The van der Waals surface area contributed by atoms with Crippen LogP contribution in [-0.2, 0) is 0 Å². The highest BCUT2D eigenvalue weighted by atomic mass is 16.3. The normalized spacial score (nSPS) is 11.9. The number of nitrogens with zero attached hydrogens (tertiary/aromatic N) is 7. The van der Waals surface area contributed by atoms with Gasteiger partial charge in [-0.1, -0.05) is 103 Å². The first-order valence-electron chi connectivity index (χ1n) is 18.8. The number of pyridine rings is 1. The van der Waals surface area contributed by atoms with Gasteiger partial charge >= 0.3 is 0 Å². The fourth-order valence-corrected chi connectivity index (χ4v) is 8.33. The van der Waals surface area contributed by atoms with Crippen molar-refractivity contribution in [1.29, 1.82) is 0 Å². The van der Waals surface area contributed by atoms with Crippen LogP contribution in [0.5, 0.6) is 0 Å². The third-order valence-electron chi connectivity index (χ3n) is 10.9. The van der Waals surface area contributed by atoms with Crippen LogP contribution in [0, 0.1) is 0 Å². The molecule has 0 aliphatic rings. The van der Waals surface area contributed by atoms with Gasteiger partial charge in [0.2, 0.25) is 11.8 Å². The van der Waals surface area contributed by atoms with Crippen LogP contribution in [0.25, 0.3) is 111 Å². The van der Waals surface area contributed by atoms with Gasteiger partial charge in [-0.15, -0.1) is 0 Å². The molecular formula is C49H29N7O. The van der Waals surface area contributed by atoms with Crippen LogP contribution in [-0.4, -0.2) is 34.1 Å². The predicted octanol–water partition coefficient (Wildman–Crippen LogP) is 11.8. The summed E-state index contributed by atoms with van der Waals surface area (Å²) in [5, 5.41) is 6.86. The molecule has 0 aliphatic heterocycles. The van der Waals surface area contributed by atoms with Crippen molar-refractivity contribution >= 4 is 65.5 Å². The maximum atomic E-state index is 6.51. The molecule has 0 saturated heterocycles. The van der Waals surface area contributed by atoms with Gasteiger partial charge in [0.25, 0.3) is 0 Å². The molecule has 0 atom stereocenters. The van der Waals surface area contributed by atoms with Gasteiger partial charge in [-0.05, 0) is 71.4 Å². The summed E-state index contributed by atoms with van der Waals surface area (Å²) in [5.41, 5.74) is 8.93. The van der Waals surface area contributed by atoms with E-state index in [4.69, 9.17) is 24.4 Å². The van der Waals surface area contributed by atoms with E-state index in [1.807, 2.05) is 60.7 Å². The molecule has 5 aromatic heterocycles. The van der Waals surface area contributed by atoms with Crippen molar-refractivity contribution in [2.24, 2.45) is 0 Å². The molecule has 0 unspecified atom stereocenters. The Morgan fingerprint density at radius 2 is 1.14 bits per heavy atom. The van der Waals surface area contributed by atoms with Gasteiger partial charge in [0.05, 0.1) is 27.6 Å². The highest BCUT2D eigenvalue weighted by molar-refractivity contribution is 6.23. The van der Waals surface area contributed by atoms with E-state index in [2.05, 4.69) is 117 Å². The van der Waals surface area contributed by atoms with E-state index in [9.17, 15) is 0 Å². The summed E-state index contributed by atoms with van der Waals surface area (Å²) in [4.78, 5) is 25.0. The van der Waals surface area contributed by atoms with Crippen molar-refractivity contribution in [2.45, 2.75) is 0 Å². The number of aromatic nitrogens is 7. The molecule has 5 heterocycles. The van der Waals surface area contributed by atoms with Crippen molar-refractivity contribution in [1.82, 2.24) is 34.1 Å². The fourth-order valence-electron chi connectivity index (χ4n) is 8.33. The average molecular weight is 732 g/mol. The van der Waals surface area contributed by atoms with Crippen LogP contribution < -0.4 is 0 Å². The Bertz CT molecular complexity index is 3530. The number of hydrogen-bond acceptors (Lipinski definition) is 6. The molecule has 266 valence electrons. The van der Waals surface area contributed by atoms with E-state index in [-0.39, 0.29) is 0 Å². The second-order valence-electron chi connectivity index (χ2n) is 14.2. The Kier molecular flexibility index (Phi) is 6.76. The zero-order valence-corrected chi connectivity index (χ0v) is 30.3. The summed E-state index contributed by atoms with van der Waals surface area (Å²) >= 11 is 0. The first-order valence-corrected chi connectivity index (χ1v) is 18.8. The molecule has 0 aliphatic carbocycles. The van der Waals surface area contributed by atoms with Crippen molar-refractivity contribution < 1.29 is 4.42 Å². The van der Waals surface area contributed by atoms with Crippen LogP contribution in [0.3, 0.4) is 0 Å². The van der Waals surface area contributed by atoms with Crippen LogP contribution in [0.15, 0.2) is 181 Å². The van der Waals surface area contributed by atoms with Crippen molar-refractivity contribution in [2.75, 3.05) is 0 Å². The fraction of sp³-hybridized carbons (Fsp3) is 0. The number of hydrogen-bond donors (Lipinski definition) is 0. The molecule has 0 radical (unpaired) electrons. The lowest BCUT2D eigenvalue weighted by molar-refractivity contribution is 0.620. The number of fused-ring (bicyclic) bond motifs is 9. The minimum absolute atomic E-state index is 0.466. The zero-order chi connectivity index (χ0) is 37.5. The van der Waals surface area contributed by atoms with Gasteiger partial charge in [0, 0.05) is 50.8 Å². The molecular weight excluding hydrogens is 703 g/mol. The number of benzene rings is 7. The topological polar surface area (TPSA) is 87.5 Å². The molecule has 0 spiro atoms. The molecule has 0 fully saturated rings. The van der Waals surface area contributed by atoms with Gasteiger partial charge in [-0.3, -0.25) is 9.55 Å². The third-order valence-corrected chi connectivity index (χ3v) is 10.9. The maximum Gasteiger partial charge on any atom is 0.238 e. The van der Waals surface area contributed by atoms with Gasteiger partial charge in [0.1, 0.15) is 5.52 Å². The van der Waals surface area contributed by atoms with Crippen molar-refractivity contribution in [3.05, 3.63) is 176 Å². The summed E-state index contributed by atoms with van der Waals surface area (Å²) in [6.45, 7) is 0. The quantitative estimate of drug-likeness (QED) is 0.175. The summed E-state index contributed by atoms with van der Waals surface area (Å²) in [6.07, 6.45) is 3.54. The summed E-state index contributed by atoms with van der Waals surface area (Å²) in [6, 6.07) is 56.5. The SMILES string of the molecule is c1ccc(-c2nc3cccc(-c4nc(-c5cccnc5)nc(-n5c6ccccc6c6ccc7c8ccccc8n(-c8ccc9ccccc9c8)c7c65)n4)c3o2)cc1.